The number of carbonyl (C=O) groups excluding carboxylic acids is 1. The third-order valence-electron chi connectivity index (χ3n) is 4.07. The average molecular weight is 352 g/mol. The molecule has 6 nitrogen and oxygen atoms in total. The van der Waals surface area contributed by atoms with Gasteiger partial charge >= 0.3 is 5.97 Å². The Morgan fingerprint density at radius 3 is 2.16 bits per heavy atom. The van der Waals surface area contributed by atoms with Gasteiger partial charge in [-0.3, -0.25) is 0 Å². The Bertz CT molecular complexity index is 481. The van der Waals surface area contributed by atoms with E-state index in [2.05, 4.69) is 0 Å². The van der Waals surface area contributed by atoms with Crippen molar-refractivity contribution in [2.75, 3.05) is 39.6 Å². The highest BCUT2D eigenvalue weighted by molar-refractivity contribution is 5.89. The molecule has 1 aliphatic rings. The number of benzene rings is 1. The summed E-state index contributed by atoms with van der Waals surface area (Å²) in [4.78, 5) is 11.7. The van der Waals surface area contributed by atoms with E-state index in [1.165, 1.54) is 56.4 Å². The third kappa shape index (κ3) is 8.34. The fourth-order valence-corrected chi connectivity index (χ4v) is 2.70. The second-order valence-electron chi connectivity index (χ2n) is 6.04. The number of esters is 1. The highest BCUT2D eigenvalue weighted by atomic mass is 16.6. The molecule has 6 heteroatoms. The summed E-state index contributed by atoms with van der Waals surface area (Å²) in [5, 5.41) is 9.16. The smallest absolute Gasteiger partial charge is 0.338 e. The first-order valence-electron chi connectivity index (χ1n) is 8.99. The number of hydrogen-bond acceptors (Lipinski definition) is 6. The van der Waals surface area contributed by atoms with Crippen LogP contribution >= 0.6 is 0 Å². The molecule has 140 valence electrons. The maximum atomic E-state index is 11.7. The zero-order valence-electron chi connectivity index (χ0n) is 14.7. The van der Waals surface area contributed by atoms with Crippen LogP contribution in [0.4, 0.5) is 0 Å². The van der Waals surface area contributed by atoms with Gasteiger partial charge in [-0.05, 0) is 37.1 Å². The minimum absolute atomic E-state index is 0.115. The Balaban J connectivity index is 1.38. The summed E-state index contributed by atoms with van der Waals surface area (Å²) in [5.74, 6) is -0.316. The Kier molecular flexibility index (Phi) is 9.33. The van der Waals surface area contributed by atoms with E-state index in [9.17, 15) is 4.79 Å². The van der Waals surface area contributed by atoms with Gasteiger partial charge in [0.15, 0.2) is 0 Å². The van der Waals surface area contributed by atoms with E-state index < -0.39 is 5.97 Å². The molecule has 1 aliphatic carbocycles. The molecule has 1 aromatic carbocycles. The molecule has 2 rings (SSSR count). The number of phenolic OH excluding ortho intramolecular Hbond substituents is 1. The highest BCUT2D eigenvalue weighted by Crippen LogP contribution is 2.19. The first-order chi connectivity index (χ1) is 12.3. The van der Waals surface area contributed by atoms with Crippen molar-refractivity contribution in [2.45, 2.75) is 38.2 Å². The lowest BCUT2D eigenvalue weighted by Gasteiger charge is -2.21. The molecule has 0 spiro atoms. The van der Waals surface area contributed by atoms with Crippen molar-refractivity contribution < 1.29 is 28.8 Å². The van der Waals surface area contributed by atoms with E-state index in [4.69, 9.17) is 24.1 Å². The number of aromatic hydroxyl groups is 1. The Hall–Kier alpha value is -1.63. The van der Waals surface area contributed by atoms with Crippen molar-refractivity contribution in [1.82, 2.24) is 0 Å². The standard InChI is InChI=1S/C19H28O6/c20-17-8-6-16(7-9-17)19(21)25-15-13-23-11-10-22-12-14-24-18-4-2-1-3-5-18/h6-9,18,20H,1-5,10-15H2. The maximum absolute atomic E-state index is 11.7. The fraction of sp³-hybridized carbons (Fsp3) is 0.632. The van der Waals surface area contributed by atoms with Crippen molar-refractivity contribution in [3.05, 3.63) is 29.8 Å². The zero-order chi connectivity index (χ0) is 17.7. The molecule has 1 fully saturated rings. The van der Waals surface area contributed by atoms with Crippen LogP contribution in [0.15, 0.2) is 24.3 Å². The van der Waals surface area contributed by atoms with Crippen molar-refractivity contribution in [3.8, 4) is 5.75 Å². The lowest BCUT2D eigenvalue weighted by molar-refractivity contribution is -0.0255. The van der Waals surface area contributed by atoms with Gasteiger partial charge in [0.1, 0.15) is 12.4 Å². The van der Waals surface area contributed by atoms with E-state index in [1.54, 1.807) is 0 Å². The quantitative estimate of drug-likeness (QED) is 0.487. The number of hydrogen-bond donors (Lipinski definition) is 1. The molecule has 1 N–H and O–H groups in total. The summed E-state index contributed by atoms with van der Waals surface area (Å²) >= 11 is 0. The van der Waals surface area contributed by atoms with E-state index in [0.29, 0.717) is 44.7 Å². The molecule has 0 unspecified atom stereocenters. The summed E-state index contributed by atoms with van der Waals surface area (Å²) in [7, 11) is 0. The van der Waals surface area contributed by atoms with Crippen LogP contribution in [-0.4, -0.2) is 56.8 Å². The van der Waals surface area contributed by atoms with Gasteiger partial charge in [0, 0.05) is 0 Å². The second-order valence-corrected chi connectivity index (χ2v) is 6.04. The van der Waals surface area contributed by atoms with Crippen LogP contribution in [0, 0.1) is 0 Å². The van der Waals surface area contributed by atoms with Crippen LogP contribution in [-0.2, 0) is 18.9 Å². The largest absolute Gasteiger partial charge is 0.508 e. The van der Waals surface area contributed by atoms with Gasteiger partial charge in [-0.25, -0.2) is 4.79 Å². The van der Waals surface area contributed by atoms with Crippen LogP contribution in [0.2, 0.25) is 0 Å². The molecule has 0 amide bonds. The van der Waals surface area contributed by atoms with Gasteiger partial charge in [-0.1, -0.05) is 19.3 Å². The van der Waals surface area contributed by atoms with Crippen molar-refractivity contribution in [2.24, 2.45) is 0 Å². The fourth-order valence-electron chi connectivity index (χ4n) is 2.70. The summed E-state index contributed by atoms with van der Waals surface area (Å²) in [5.41, 5.74) is 0.402. The summed E-state index contributed by atoms with van der Waals surface area (Å²) < 4.78 is 21.6. The number of carbonyl (C=O) groups is 1. The summed E-state index contributed by atoms with van der Waals surface area (Å²) in [6, 6.07) is 5.92. The van der Waals surface area contributed by atoms with Crippen LogP contribution < -0.4 is 0 Å². The lowest BCUT2D eigenvalue weighted by atomic mass is 9.98. The van der Waals surface area contributed by atoms with Gasteiger partial charge in [-0.15, -0.1) is 0 Å². The summed E-state index contributed by atoms with van der Waals surface area (Å²) in [6.45, 7) is 2.68. The van der Waals surface area contributed by atoms with Gasteiger partial charge < -0.3 is 24.1 Å². The average Bonchev–Trinajstić information content (AvgIpc) is 2.64. The van der Waals surface area contributed by atoms with E-state index in [-0.39, 0.29) is 12.4 Å². The minimum Gasteiger partial charge on any atom is -0.508 e. The van der Waals surface area contributed by atoms with Crippen molar-refractivity contribution in [1.29, 1.82) is 0 Å². The van der Waals surface area contributed by atoms with Crippen molar-refractivity contribution >= 4 is 5.97 Å². The minimum atomic E-state index is -0.431. The SMILES string of the molecule is O=C(OCCOCCOCCOC1CCCCC1)c1ccc(O)cc1. The maximum Gasteiger partial charge on any atom is 0.338 e. The molecule has 0 saturated heterocycles. The molecule has 0 bridgehead atoms. The molecular weight excluding hydrogens is 324 g/mol. The Morgan fingerprint density at radius 2 is 1.48 bits per heavy atom. The molecule has 1 aromatic rings. The predicted octanol–water partition coefficient (Wildman–Crippen LogP) is 2.93. The zero-order valence-corrected chi connectivity index (χ0v) is 14.7. The molecule has 0 aromatic heterocycles. The van der Waals surface area contributed by atoms with Gasteiger partial charge in [0.2, 0.25) is 0 Å². The van der Waals surface area contributed by atoms with Crippen LogP contribution in [0.5, 0.6) is 5.75 Å². The van der Waals surface area contributed by atoms with Gasteiger partial charge in [0.25, 0.3) is 0 Å². The molecule has 0 aliphatic heterocycles. The van der Waals surface area contributed by atoms with Crippen LogP contribution in [0.1, 0.15) is 42.5 Å². The first-order valence-corrected chi connectivity index (χ1v) is 8.99. The van der Waals surface area contributed by atoms with E-state index >= 15 is 0 Å². The third-order valence-corrected chi connectivity index (χ3v) is 4.07. The second kappa shape index (κ2) is 11.8. The molecule has 25 heavy (non-hydrogen) atoms. The summed E-state index contributed by atoms with van der Waals surface area (Å²) in [6.07, 6.45) is 6.64. The van der Waals surface area contributed by atoms with Crippen LogP contribution in [0.3, 0.4) is 0 Å². The number of rotatable bonds is 11. The topological polar surface area (TPSA) is 74.2 Å². The highest BCUT2D eigenvalue weighted by Gasteiger charge is 2.13. The Labute approximate surface area is 149 Å². The monoisotopic (exact) mass is 352 g/mol. The Morgan fingerprint density at radius 1 is 0.880 bits per heavy atom. The van der Waals surface area contributed by atoms with Gasteiger partial charge in [0.05, 0.1) is 44.7 Å². The number of ether oxygens (including phenoxy) is 4. The van der Waals surface area contributed by atoms with E-state index in [1.807, 2.05) is 0 Å². The molecule has 0 atom stereocenters. The normalized spacial score (nSPS) is 15.2. The molecular formula is C19H28O6. The van der Waals surface area contributed by atoms with Crippen LogP contribution in [0.25, 0.3) is 0 Å². The number of phenols is 1. The first kappa shape index (κ1) is 19.7. The molecule has 1 saturated carbocycles. The predicted molar refractivity (Wildman–Crippen MR) is 92.9 cm³/mol. The molecule has 0 heterocycles. The molecule has 0 radical (unpaired) electrons. The lowest BCUT2D eigenvalue weighted by Crippen LogP contribution is -2.19. The van der Waals surface area contributed by atoms with Gasteiger partial charge in [-0.2, -0.15) is 0 Å². The van der Waals surface area contributed by atoms with E-state index in [0.717, 1.165) is 0 Å². The van der Waals surface area contributed by atoms with Crippen molar-refractivity contribution in [3.63, 3.8) is 0 Å².